The van der Waals surface area contributed by atoms with Crippen molar-refractivity contribution < 1.29 is 12.9 Å². The molecule has 1 aromatic carbocycles. The molecule has 1 aromatic heterocycles. The van der Waals surface area contributed by atoms with Crippen LogP contribution in [0.2, 0.25) is 0 Å². The van der Waals surface area contributed by atoms with E-state index in [0.29, 0.717) is 0 Å². The maximum absolute atomic E-state index is 11.9. The van der Waals surface area contributed by atoms with Gasteiger partial charge >= 0.3 is 0 Å². The van der Waals surface area contributed by atoms with Crippen LogP contribution in [0, 0.1) is 6.92 Å². The Hall–Kier alpha value is -1.34. The van der Waals surface area contributed by atoms with Crippen molar-refractivity contribution in [3.63, 3.8) is 0 Å². The van der Waals surface area contributed by atoms with Crippen LogP contribution in [-0.4, -0.2) is 13.6 Å². The second kappa shape index (κ2) is 4.50. The molecule has 0 spiro atoms. The van der Waals surface area contributed by atoms with Gasteiger partial charge in [0.05, 0.1) is 4.90 Å². The van der Waals surface area contributed by atoms with Crippen LogP contribution in [0.25, 0.3) is 0 Å². The molecule has 0 aliphatic carbocycles. The van der Waals surface area contributed by atoms with E-state index in [9.17, 15) is 8.42 Å². The van der Waals surface area contributed by atoms with Gasteiger partial charge in [-0.15, -0.1) is 0 Å². The second-order valence-corrected chi connectivity index (χ2v) is 5.94. The average molecular weight is 317 g/mol. The Morgan fingerprint density at radius 2 is 2.12 bits per heavy atom. The molecule has 7 heteroatoms. The Morgan fingerprint density at radius 3 is 2.71 bits per heavy atom. The van der Waals surface area contributed by atoms with Gasteiger partial charge in [-0.25, -0.2) is 8.42 Å². The van der Waals surface area contributed by atoms with E-state index in [1.807, 2.05) is 6.92 Å². The third-order valence-electron chi connectivity index (χ3n) is 2.13. The number of hydrogen-bond acceptors (Lipinski definition) is 4. The van der Waals surface area contributed by atoms with Crippen molar-refractivity contribution in [3.8, 4) is 0 Å². The molecular weight excluding hydrogens is 308 g/mol. The molecule has 0 aliphatic rings. The molecule has 1 heterocycles. The maximum Gasteiger partial charge on any atom is 0.263 e. The number of hydrogen-bond donors (Lipinski definition) is 1. The van der Waals surface area contributed by atoms with Crippen LogP contribution in [0.15, 0.2) is 44.4 Å². The summed E-state index contributed by atoms with van der Waals surface area (Å²) in [5.74, 6) is 0.154. The van der Waals surface area contributed by atoms with Crippen molar-refractivity contribution in [2.24, 2.45) is 0 Å². The third kappa shape index (κ3) is 2.67. The Balaban J connectivity index is 2.35. The summed E-state index contributed by atoms with van der Waals surface area (Å²) in [6.45, 7) is 1.88. The summed E-state index contributed by atoms with van der Waals surface area (Å²) >= 11 is 3.29. The lowest BCUT2D eigenvalue weighted by molar-refractivity contribution is 0.423. The molecule has 1 N–H and O–H groups in total. The lowest BCUT2D eigenvalue weighted by Gasteiger charge is -2.06. The van der Waals surface area contributed by atoms with E-state index in [2.05, 4.69) is 30.3 Å². The number of nitrogens with zero attached hydrogens (tertiary/aromatic N) is 1. The van der Waals surface area contributed by atoms with Gasteiger partial charge < -0.3 is 4.52 Å². The summed E-state index contributed by atoms with van der Waals surface area (Å²) < 4.78 is 31.5. The molecule has 2 aromatic rings. The fourth-order valence-corrected chi connectivity index (χ4v) is 2.75. The fourth-order valence-electron chi connectivity index (χ4n) is 1.20. The standard InChI is InChI=1S/C10H9BrN2O3S/c1-7-2-3-8(6-9(7)11)17(14,15)13-10-4-5-16-12-10/h2-6H,1H3,(H,12,13). The third-order valence-corrected chi connectivity index (χ3v) is 4.34. The van der Waals surface area contributed by atoms with E-state index < -0.39 is 10.0 Å². The first-order valence-corrected chi connectivity index (χ1v) is 6.96. The first-order valence-electron chi connectivity index (χ1n) is 4.68. The van der Waals surface area contributed by atoms with E-state index in [-0.39, 0.29) is 10.7 Å². The minimum Gasteiger partial charge on any atom is -0.363 e. The molecule has 0 saturated heterocycles. The molecule has 2 rings (SSSR count). The first kappa shape index (κ1) is 12.1. The Morgan fingerprint density at radius 1 is 1.35 bits per heavy atom. The SMILES string of the molecule is Cc1ccc(S(=O)(=O)Nc2ccon2)cc1Br. The summed E-state index contributed by atoms with van der Waals surface area (Å²) in [6, 6.07) is 6.22. The zero-order chi connectivity index (χ0) is 12.5. The topological polar surface area (TPSA) is 72.2 Å². The predicted octanol–water partition coefficient (Wildman–Crippen LogP) is 2.55. The van der Waals surface area contributed by atoms with Gasteiger partial charge in [0.25, 0.3) is 10.0 Å². The van der Waals surface area contributed by atoms with E-state index in [1.165, 1.54) is 24.5 Å². The van der Waals surface area contributed by atoms with Crippen molar-refractivity contribution in [1.82, 2.24) is 5.16 Å². The second-order valence-electron chi connectivity index (χ2n) is 3.40. The minimum absolute atomic E-state index is 0.154. The van der Waals surface area contributed by atoms with Gasteiger partial charge in [0, 0.05) is 10.5 Å². The zero-order valence-corrected chi connectivity index (χ0v) is 11.2. The number of aromatic nitrogens is 1. The molecule has 0 atom stereocenters. The Labute approximate surface area is 107 Å². The van der Waals surface area contributed by atoms with Gasteiger partial charge in [-0.05, 0) is 24.6 Å². The van der Waals surface area contributed by atoms with Crippen molar-refractivity contribution in [2.45, 2.75) is 11.8 Å². The van der Waals surface area contributed by atoms with E-state index >= 15 is 0 Å². The summed E-state index contributed by atoms with van der Waals surface area (Å²) in [5, 5.41) is 3.49. The van der Waals surface area contributed by atoms with Gasteiger partial charge in [0.15, 0.2) is 5.82 Å². The lowest BCUT2D eigenvalue weighted by atomic mass is 10.2. The molecule has 5 nitrogen and oxygen atoms in total. The number of nitrogens with one attached hydrogen (secondary N) is 1. The van der Waals surface area contributed by atoms with Gasteiger partial charge in [-0.1, -0.05) is 27.2 Å². The monoisotopic (exact) mass is 316 g/mol. The summed E-state index contributed by atoms with van der Waals surface area (Å²) in [6.07, 6.45) is 1.29. The molecule has 0 unspecified atom stereocenters. The molecule has 0 amide bonds. The maximum atomic E-state index is 11.9. The van der Waals surface area contributed by atoms with Crippen molar-refractivity contribution in [1.29, 1.82) is 0 Å². The lowest BCUT2D eigenvalue weighted by Crippen LogP contribution is -2.13. The first-order chi connectivity index (χ1) is 7.99. The van der Waals surface area contributed by atoms with Crippen molar-refractivity contribution in [3.05, 3.63) is 40.6 Å². The Kier molecular flexibility index (Phi) is 3.21. The number of halogens is 1. The summed E-state index contributed by atoms with van der Waals surface area (Å²) in [7, 11) is -3.62. The zero-order valence-electron chi connectivity index (χ0n) is 8.84. The molecular formula is C10H9BrN2O3S. The molecule has 90 valence electrons. The van der Waals surface area contributed by atoms with Crippen LogP contribution in [0.1, 0.15) is 5.56 Å². The number of benzene rings is 1. The van der Waals surface area contributed by atoms with Crippen LogP contribution < -0.4 is 4.72 Å². The normalized spacial score (nSPS) is 11.4. The summed E-state index contributed by atoms with van der Waals surface area (Å²) in [4.78, 5) is 0.165. The highest BCUT2D eigenvalue weighted by Gasteiger charge is 2.16. The van der Waals surface area contributed by atoms with E-state index in [0.717, 1.165) is 10.0 Å². The largest absolute Gasteiger partial charge is 0.363 e. The van der Waals surface area contributed by atoms with E-state index in [4.69, 9.17) is 0 Å². The summed E-state index contributed by atoms with van der Waals surface area (Å²) in [5.41, 5.74) is 0.963. The van der Waals surface area contributed by atoms with E-state index in [1.54, 1.807) is 6.07 Å². The number of sulfonamides is 1. The van der Waals surface area contributed by atoms with Crippen molar-refractivity contribution >= 4 is 31.8 Å². The highest BCUT2D eigenvalue weighted by molar-refractivity contribution is 9.10. The smallest absolute Gasteiger partial charge is 0.263 e. The van der Waals surface area contributed by atoms with Gasteiger partial charge in [0.1, 0.15) is 6.26 Å². The van der Waals surface area contributed by atoms with Crippen molar-refractivity contribution in [2.75, 3.05) is 4.72 Å². The van der Waals surface area contributed by atoms with Crippen LogP contribution >= 0.6 is 15.9 Å². The van der Waals surface area contributed by atoms with Gasteiger partial charge in [-0.3, -0.25) is 4.72 Å². The van der Waals surface area contributed by atoms with Crippen LogP contribution in [-0.2, 0) is 10.0 Å². The molecule has 0 fully saturated rings. The molecule has 17 heavy (non-hydrogen) atoms. The molecule has 0 saturated carbocycles. The number of anilines is 1. The van der Waals surface area contributed by atoms with Crippen LogP contribution in [0.4, 0.5) is 5.82 Å². The predicted molar refractivity (Wildman–Crippen MR) is 66.2 cm³/mol. The average Bonchev–Trinajstić information content (AvgIpc) is 2.73. The molecule has 0 radical (unpaired) electrons. The van der Waals surface area contributed by atoms with Crippen LogP contribution in [0.5, 0.6) is 0 Å². The fraction of sp³-hybridized carbons (Fsp3) is 0.100. The number of rotatable bonds is 3. The highest BCUT2D eigenvalue weighted by atomic mass is 79.9. The van der Waals surface area contributed by atoms with Gasteiger partial charge in [-0.2, -0.15) is 0 Å². The number of aryl methyl sites for hydroxylation is 1. The Bertz CT molecular complexity index is 623. The minimum atomic E-state index is -3.62. The van der Waals surface area contributed by atoms with Gasteiger partial charge in [0.2, 0.25) is 0 Å². The molecule has 0 bridgehead atoms. The van der Waals surface area contributed by atoms with Crippen LogP contribution in [0.3, 0.4) is 0 Å². The molecule has 0 aliphatic heterocycles. The quantitative estimate of drug-likeness (QED) is 0.944. The highest BCUT2D eigenvalue weighted by Crippen LogP contribution is 2.22.